The van der Waals surface area contributed by atoms with Crippen molar-refractivity contribution in [3.63, 3.8) is 0 Å². The second-order valence-electron chi connectivity index (χ2n) is 5.43. The highest BCUT2D eigenvalue weighted by Crippen LogP contribution is 2.32. The standard InChI is InChI=1S/C15H14BrClN2O2/c1-8-2-4-12-10(6-8)14(15(20)21)18-19(12)13-5-3-9(16)7-11(13)17/h3,5,7-8H,2,4,6H2,1H3,(H,20,21). The van der Waals surface area contributed by atoms with Crippen molar-refractivity contribution in [1.29, 1.82) is 0 Å². The van der Waals surface area contributed by atoms with E-state index in [1.807, 2.05) is 12.1 Å². The SMILES string of the molecule is CC1CCc2c(c(C(=O)O)nn2-c2ccc(Br)cc2Cl)C1. The first-order valence-corrected chi connectivity index (χ1v) is 7.94. The number of aromatic carboxylic acids is 1. The average Bonchev–Trinajstić information content (AvgIpc) is 2.77. The van der Waals surface area contributed by atoms with Crippen LogP contribution in [-0.2, 0) is 12.8 Å². The molecule has 6 heteroatoms. The number of carbonyl (C=O) groups is 1. The van der Waals surface area contributed by atoms with E-state index in [0.717, 1.165) is 40.7 Å². The van der Waals surface area contributed by atoms with E-state index in [0.29, 0.717) is 10.9 Å². The molecule has 1 aliphatic rings. The minimum Gasteiger partial charge on any atom is -0.476 e. The predicted molar refractivity (Wildman–Crippen MR) is 84.4 cm³/mol. The molecule has 4 nitrogen and oxygen atoms in total. The van der Waals surface area contributed by atoms with Crippen molar-refractivity contribution in [2.45, 2.75) is 26.2 Å². The Balaban J connectivity index is 2.19. The Hall–Kier alpha value is -1.33. The normalized spacial score (nSPS) is 17.6. The maximum Gasteiger partial charge on any atom is 0.356 e. The monoisotopic (exact) mass is 368 g/mol. The molecular formula is C15H14BrClN2O2. The molecule has 0 fully saturated rings. The maximum absolute atomic E-state index is 11.4. The molecular weight excluding hydrogens is 356 g/mol. The molecule has 110 valence electrons. The fourth-order valence-corrected chi connectivity index (χ4v) is 3.57. The van der Waals surface area contributed by atoms with Crippen LogP contribution in [0.5, 0.6) is 0 Å². The first-order chi connectivity index (χ1) is 9.97. The number of nitrogens with zero attached hydrogens (tertiary/aromatic N) is 2. The van der Waals surface area contributed by atoms with Crippen molar-refractivity contribution in [1.82, 2.24) is 9.78 Å². The van der Waals surface area contributed by atoms with Gasteiger partial charge in [-0.2, -0.15) is 5.10 Å². The summed E-state index contributed by atoms with van der Waals surface area (Å²) < 4.78 is 2.57. The van der Waals surface area contributed by atoms with Crippen LogP contribution in [0.15, 0.2) is 22.7 Å². The molecule has 1 atom stereocenters. The van der Waals surface area contributed by atoms with E-state index >= 15 is 0 Å². The minimum atomic E-state index is -0.979. The van der Waals surface area contributed by atoms with Gasteiger partial charge in [-0.25, -0.2) is 9.48 Å². The first-order valence-electron chi connectivity index (χ1n) is 6.77. The summed E-state index contributed by atoms with van der Waals surface area (Å²) in [5.74, 6) is -0.499. The van der Waals surface area contributed by atoms with Crippen LogP contribution in [0.25, 0.3) is 5.69 Å². The molecule has 0 saturated carbocycles. The molecule has 0 saturated heterocycles. The largest absolute Gasteiger partial charge is 0.476 e. The zero-order chi connectivity index (χ0) is 15.1. The molecule has 3 rings (SSSR count). The summed E-state index contributed by atoms with van der Waals surface area (Å²) in [6.45, 7) is 2.14. The summed E-state index contributed by atoms with van der Waals surface area (Å²) in [4.78, 5) is 11.4. The molecule has 0 spiro atoms. The van der Waals surface area contributed by atoms with Gasteiger partial charge in [0, 0.05) is 15.7 Å². The Kier molecular flexibility index (Phi) is 3.80. The van der Waals surface area contributed by atoms with Crippen molar-refractivity contribution in [2.24, 2.45) is 5.92 Å². The van der Waals surface area contributed by atoms with Crippen LogP contribution in [0.4, 0.5) is 0 Å². The maximum atomic E-state index is 11.4. The summed E-state index contributed by atoms with van der Waals surface area (Å²) in [5.41, 5.74) is 2.68. The first kappa shape index (κ1) is 14.6. The fraction of sp³-hybridized carbons (Fsp3) is 0.333. The van der Waals surface area contributed by atoms with Gasteiger partial charge in [0.15, 0.2) is 5.69 Å². The Morgan fingerprint density at radius 3 is 2.95 bits per heavy atom. The lowest BCUT2D eigenvalue weighted by Gasteiger charge is -2.20. The van der Waals surface area contributed by atoms with Crippen LogP contribution in [0.3, 0.4) is 0 Å². The second kappa shape index (κ2) is 5.46. The van der Waals surface area contributed by atoms with E-state index in [9.17, 15) is 9.90 Å². The Bertz CT molecular complexity index is 727. The van der Waals surface area contributed by atoms with Crippen LogP contribution >= 0.6 is 27.5 Å². The van der Waals surface area contributed by atoms with Crippen LogP contribution in [0.1, 0.15) is 35.1 Å². The minimum absolute atomic E-state index is 0.149. The van der Waals surface area contributed by atoms with Crippen LogP contribution in [0.2, 0.25) is 5.02 Å². The highest BCUT2D eigenvalue weighted by Gasteiger charge is 2.28. The molecule has 1 aliphatic carbocycles. The quantitative estimate of drug-likeness (QED) is 0.866. The predicted octanol–water partition coefficient (Wildman–Crippen LogP) is 4.11. The Morgan fingerprint density at radius 1 is 1.52 bits per heavy atom. The second-order valence-corrected chi connectivity index (χ2v) is 6.76. The number of halogens is 2. The highest BCUT2D eigenvalue weighted by molar-refractivity contribution is 9.10. The lowest BCUT2D eigenvalue weighted by Crippen LogP contribution is -2.14. The van der Waals surface area contributed by atoms with Crippen molar-refractivity contribution in [3.8, 4) is 5.69 Å². The third-order valence-corrected chi connectivity index (χ3v) is 4.65. The van der Waals surface area contributed by atoms with E-state index in [4.69, 9.17) is 11.6 Å². The van der Waals surface area contributed by atoms with Gasteiger partial charge >= 0.3 is 5.97 Å². The lowest BCUT2D eigenvalue weighted by molar-refractivity contribution is 0.0688. The highest BCUT2D eigenvalue weighted by atomic mass is 79.9. The van der Waals surface area contributed by atoms with Crippen molar-refractivity contribution < 1.29 is 9.90 Å². The van der Waals surface area contributed by atoms with Crippen LogP contribution in [0, 0.1) is 5.92 Å². The van der Waals surface area contributed by atoms with Gasteiger partial charge in [0.2, 0.25) is 0 Å². The van der Waals surface area contributed by atoms with Gasteiger partial charge in [-0.05, 0) is 43.4 Å². The number of carboxylic acid groups (broad SMARTS) is 1. The summed E-state index contributed by atoms with van der Waals surface area (Å²) in [5, 5.41) is 14.2. The zero-order valence-corrected chi connectivity index (χ0v) is 13.8. The van der Waals surface area contributed by atoms with Gasteiger partial charge < -0.3 is 5.11 Å². The molecule has 0 aliphatic heterocycles. The van der Waals surface area contributed by atoms with E-state index < -0.39 is 5.97 Å². The van der Waals surface area contributed by atoms with Gasteiger partial charge in [0.05, 0.1) is 10.7 Å². The number of fused-ring (bicyclic) bond motifs is 1. The smallest absolute Gasteiger partial charge is 0.356 e. The van der Waals surface area contributed by atoms with Gasteiger partial charge in [-0.1, -0.05) is 34.5 Å². The van der Waals surface area contributed by atoms with Crippen molar-refractivity contribution >= 4 is 33.5 Å². The molecule has 0 amide bonds. The summed E-state index contributed by atoms with van der Waals surface area (Å²) in [7, 11) is 0. The Morgan fingerprint density at radius 2 is 2.29 bits per heavy atom. The number of benzene rings is 1. The number of hydrogen-bond donors (Lipinski definition) is 1. The van der Waals surface area contributed by atoms with Gasteiger partial charge in [0.25, 0.3) is 0 Å². The number of carboxylic acids is 1. The number of aromatic nitrogens is 2. The molecule has 0 bridgehead atoms. The molecule has 1 unspecified atom stereocenters. The van der Waals surface area contributed by atoms with E-state index in [1.165, 1.54) is 0 Å². The van der Waals surface area contributed by atoms with Gasteiger partial charge in [-0.3, -0.25) is 0 Å². The molecule has 2 aromatic rings. The fourth-order valence-electron chi connectivity index (χ4n) is 2.81. The van der Waals surface area contributed by atoms with Gasteiger partial charge in [-0.15, -0.1) is 0 Å². The molecule has 1 aromatic carbocycles. The zero-order valence-electron chi connectivity index (χ0n) is 11.4. The molecule has 1 heterocycles. The molecule has 1 N–H and O–H groups in total. The van der Waals surface area contributed by atoms with E-state index in [2.05, 4.69) is 28.0 Å². The van der Waals surface area contributed by atoms with Crippen LogP contribution < -0.4 is 0 Å². The Labute approximate surface area is 135 Å². The number of rotatable bonds is 2. The molecule has 21 heavy (non-hydrogen) atoms. The topological polar surface area (TPSA) is 55.1 Å². The lowest BCUT2D eigenvalue weighted by atomic mass is 9.87. The van der Waals surface area contributed by atoms with E-state index in [1.54, 1.807) is 10.7 Å². The number of hydrogen-bond acceptors (Lipinski definition) is 2. The summed E-state index contributed by atoms with van der Waals surface area (Å²) in [6.07, 6.45) is 2.61. The van der Waals surface area contributed by atoms with Crippen molar-refractivity contribution in [3.05, 3.63) is 44.6 Å². The third-order valence-electron chi connectivity index (χ3n) is 3.86. The average molecular weight is 370 g/mol. The van der Waals surface area contributed by atoms with E-state index in [-0.39, 0.29) is 5.69 Å². The molecule has 1 aromatic heterocycles. The summed E-state index contributed by atoms with van der Waals surface area (Å²) >= 11 is 9.66. The van der Waals surface area contributed by atoms with Crippen LogP contribution in [-0.4, -0.2) is 20.9 Å². The van der Waals surface area contributed by atoms with Gasteiger partial charge in [0.1, 0.15) is 0 Å². The molecule has 0 radical (unpaired) electrons. The third kappa shape index (κ3) is 2.60. The summed E-state index contributed by atoms with van der Waals surface area (Å²) in [6, 6.07) is 5.52. The van der Waals surface area contributed by atoms with Crippen molar-refractivity contribution in [2.75, 3.05) is 0 Å².